The molecule has 0 saturated heterocycles. The molecular weight excluding hydrogens is 506 g/mol. The number of benzene rings is 4. The van der Waals surface area contributed by atoms with Crippen molar-refractivity contribution in [2.24, 2.45) is 0 Å². The third kappa shape index (κ3) is 8.46. The summed E-state index contributed by atoms with van der Waals surface area (Å²) in [7, 11) is 0. The van der Waals surface area contributed by atoms with Gasteiger partial charge in [0.15, 0.2) is 0 Å². The second kappa shape index (κ2) is 13.6. The topological polar surface area (TPSA) is 117 Å². The number of hydrogen-bond acceptors (Lipinski definition) is 4. The maximum absolute atomic E-state index is 12.5. The molecule has 8 nitrogen and oxygen atoms in total. The molecule has 1 atom stereocenters. The summed E-state index contributed by atoms with van der Waals surface area (Å²) in [6.07, 6.45) is -0.0616. The summed E-state index contributed by atoms with van der Waals surface area (Å²) < 4.78 is 5.88. The van der Waals surface area contributed by atoms with Gasteiger partial charge in [0.25, 0.3) is 0 Å². The molecule has 0 fully saturated rings. The van der Waals surface area contributed by atoms with Gasteiger partial charge in [0.2, 0.25) is 5.91 Å². The van der Waals surface area contributed by atoms with Crippen LogP contribution in [0.1, 0.15) is 34.7 Å². The fourth-order valence-electron chi connectivity index (χ4n) is 4.10. The Balaban J connectivity index is 1.29. The number of carboxylic acids is 1. The van der Waals surface area contributed by atoms with Gasteiger partial charge in [-0.15, -0.1) is 0 Å². The number of anilines is 2. The van der Waals surface area contributed by atoms with Gasteiger partial charge in [-0.05, 0) is 59.5 Å². The molecular formula is C32H31N3O5. The largest absolute Gasteiger partial charge is 0.489 e. The summed E-state index contributed by atoms with van der Waals surface area (Å²) in [6, 6.07) is 30.2. The number of aryl methyl sites for hydroxylation is 1. The molecule has 3 amide bonds. The number of amides is 3. The lowest BCUT2D eigenvalue weighted by atomic mass is 10.0. The van der Waals surface area contributed by atoms with Crippen molar-refractivity contribution in [3.63, 3.8) is 0 Å². The van der Waals surface area contributed by atoms with E-state index in [-0.39, 0.29) is 24.8 Å². The highest BCUT2D eigenvalue weighted by Crippen LogP contribution is 2.22. The van der Waals surface area contributed by atoms with E-state index in [1.54, 1.807) is 36.4 Å². The number of hydrogen-bond donors (Lipinski definition) is 4. The second-order valence-electron chi connectivity index (χ2n) is 9.33. The lowest BCUT2D eigenvalue weighted by Crippen LogP contribution is -2.31. The Kier molecular flexibility index (Phi) is 9.50. The zero-order chi connectivity index (χ0) is 28.3. The van der Waals surface area contributed by atoms with Crippen LogP contribution >= 0.6 is 0 Å². The quantitative estimate of drug-likeness (QED) is 0.185. The molecule has 0 aliphatic rings. The summed E-state index contributed by atoms with van der Waals surface area (Å²) >= 11 is 0. The minimum atomic E-state index is -1.00. The smallest absolute Gasteiger partial charge is 0.323 e. The molecule has 0 aliphatic heterocycles. The molecule has 0 aliphatic carbocycles. The zero-order valence-electron chi connectivity index (χ0n) is 22.1. The number of urea groups is 1. The summed E-state index contributed by atoms with van der Waals surface area (Å²) in [6.45, 7) is 2.23. The minimum Gasteiger partial charge on any atom is -0.489 e. The first-order valence-electron chi connectivity index (χ1n) is 12.9. The standard InChI is InChI=1S/C32H31N3O5/c1-22-7-5-6-10-28(22)35-32(39)33-26-15-11-24(12-16-26)21-40-27-17-13-25(14-18-27)29(20-31(37)38)34-30(36)19-23-8-3-2-4-9-23/h2-18,29H,19-21H2,1H3,(H,34,36)(H,37,38)(H2,33,35,39). The molecule has 0 saturated carbocycles. The predicted octanol–water partition coefficient (Wildman–Crippen LogP) is 6.09. The van der Waals surface area contributed by atoms with E-state index in [1.165, 1.54) is 0 Å². The van der Waals surface area contributed by atoms with Crippen molar-refractivity contribution in [1.82, 2.24) is 5.32 Å². The van der Waals surface area contributed by atoms with Gasteiger partial charge in [0.05, 0.1) is 18.9 Å². The van der Waals surface area contributed by atoms with Crippen LogP contribution in [0, 0.1) is 6.92 Å². The van der Waals surface area contributed by atoms with Crippen molar-refractivity contribution >= 4 is 29.3 Å². The van der Waals surface area contributed by atoms with Crippen molar-refractivity contribution in [3.05, 3.63) is 125 Å². The van der Waals surface area contributed by atoms with E-state index in [9.17, 15) is 19.5 Å². The third-order valence-corrected chi connectivity index (χ3v) is 6.21. The Labute approximate surface area is 233 Å². The first-order chi connectivity index (χ1) is 19.4. The lowest BCUT2D eigenvalue weighted by Gasteiger charge is -2.18. The van der Waals surface area contributed by atoms with Gasteiger partial charge in [-0.1, -0.05) is 72.8 Å². The van der Waals surface area contributed by atoms with Crippen molar-refractivity contribution < 1.29 is 24.2 Å². The molecule has 4 rings (SSSR count). The van der Waals surface area contributed by atoms with E-state index in [0.29, 0.717) is 23.6 Å². The van der Waals surface area contributed by atoms with Crippen LogP contribution in [0.4, 0.5) is 16.2 Å². The highest BCUT2D eigenvalue weighted by atomic mass is 16.5. The molecule has 4 aromatic carbocycles. The highest BCUT2D eigenvalue weighted by Gasteiger charge is 2.18. The number of para-hydroxylation sites is 1. The highest BCUT2D eigenvalue weighted by molar-refractivity contribution is 6.00. The van der Waals surface area contributed by atoms with Gasteiger partial charge in [0, 0.05) is 11.4 Å². The molecule has 1 unspecified atom stereocenters. The fraction of sp³-hybridized carbons (Fsp3) is 0.156. The Morgan fingerprint density at radius 1 is 0.775 bits per heavy atom. The average Bonchev–Trinajstić information content (AvgIpc) is 2.94. The van der Waals surface area contributed by atoms with E-state index in [4.69, 9.17) is 4.74 Å². The molecule has 8 heteroatoms. The molecule has 0 heterocycles. The molecule has 4 N–H and O–H groups in total. The van der Waals surface area contributed by atoms with Gasteiger partial charge in [-0.2, -0.15) is 0 Å². The Morgan fingerprint density at radius 2 is 1.45 bits per heavy atom. The molecule has 40 heavy (non-hydrogen) atoms. The van der Waals surface area contributed by atoms with Crippen LogP contribution in [0.3, 0.4) is 0 Å². The Bertz CT molecular complexity index is 1440. The molecule has 0 bridgehead atoms. The summed E-state index contributed by atoms with van der Waals surface area (Å²) in [4.78, 5) is 36.3. The summed E-state index contributed by atoms with van der Waals surface area (Å²) in [5.41, 5.74) is 4.81. The number of rotatable bonds is 11. The van der Waals surface area contributed by atoms with E-state index in [0.717, 1.165) is 22.4 Å². The van der Waals surface area contributed by atoms with Crippen LogP contribution in [0.2, 0.25) is 0 Å². The zero-order valence-corrected chi connectivity index (χ0v) is 22.1. The number of carbonyl (C=O) groups excluding carboxylic acids is 2. The van der Waals surface area contributed by atoms with E-state index in [2.05, 4.69) is 16.0 Å². The second-order valence-corrected chi connectivity index (χ2v) is 9.33. The number of nitrogens with one attached hydrogen (secondary N) is 3. The Morgan fingerprint density at radius 3 is 2.12 bits per heavy atom. The third-order valence-electron chi connectivity index (χ3n) is 6.21. The summed E-state index contributed by atoms with van der Waals surface area (Å²) in [5.74, 6) is -0.646. The number of ether oxygens (including phenoxy) is 1. The maximum atomic E-state index is 12.5. The fourth-order valence-corrected chi connectivity index (χ4v) is 4.10. The van der Waals surface area contributed by atoms with Crippen molar-refractivity contribution in [2.75, 3.05) is 10.6 Å². The molecule has 204 valence electrons. The van der Waals surface area contributed by atoms with E-state index in [1.807, 2.05) is 73.7 Å². The minimum absolute atomic E-state index is 0.170. The monoisotopic (exact) mass is 537 g/mol. The van der Waals surface area contributed by atoms with Crippen LogP contribution in [0.15, 0.2) is 103 Å². The van der Waals surface area contributed by atoms with Crippen molar-refractivity contribution in [2.45, 2.75) is 32.4 Å². The summed E-state index contributed by atoms with van der Waals surface area (Å²) in [5, 5.41) is 17.8. The SMILES string of the molecule is Cc1ccccc1NC(=O)Nc1ccc(COc2ccc(C(CC(=O)O)NC(=O)Cc3ccccc3)cc2)cc1. The van der Waals surface area contributed by atoms with Crippen LogP contribution in [0.5, 0.6) is 5.75 Å². The normalized spacial score (nSPS) is 11.2. The van der Waals surface area contributed by atoms with Crippen LogP contribution in [-0.2, 0) is 22.6 Å². The van der Waals surface area contributed by atoms with E-state index >= 15 is 0 Å². The van der Waals surface area contributed by atoms with E-state index < -0.39 is 12.0 Å². The van der Waals surface area contributed by atoms with Gasteiger partial charge in [0.1, 0.15) is 12.4 Å². The first-order valence-corrected chi connectivity index (χ1v) is 12.9. The molecule has 0 spiro atoms. The number of carbonyl (C=O) groups is 3. The van der Waals surface area contributed by atoms with Crippen molar-refractivity contribution in [3.8, 4) is 5.75 Å². The molecule has 4 aromatic rings. The van der Waals surface area contributed by atoms with Crippen molar-refractivity contribution in [1.29, 1.82) is 0 Å². The number of aliphatic carboxylic acids is 1. The first kappa shape index (κ1) is 27.9. The van der Waals surface area contributed by atoms with Crippen LogP contribution < -0.4 is 20.7 Å². The predicted molar refractivity (Wildman–Crippen MR) is 154 cm³/mol. The Hall–Kier alpha value is -5.11. The van der Waals surface area contributed by atoms with Gasteiger partial charge >= 0.3 is 12.0 Å². The average molecular weight is 538 g/mol. The lowest BCUT2D eigenvalue weighted by molar-refractivity contribution is -0.137. The van der Waals surface area contributed by atoms with Gasteiger partial charge in [-0.3, -0.25) is 9.59 Å². The van der Waals surface area contributed by atoms with Crippen LogP contribution in [-0.4, -0.2) is 23.0 Å². The van der Waals surface area contributed by atoms with Gasteiger partial charge in [-0.25, -0.2) is 4.79 Å². The molecule has 0 radical (unpaired) electrons. The maximum Gasteiger partial charge on any atom is 0.323 e. The number of carboxylic acid groups (broad SMARTS) is 1. The van der Waals surface area contributed by atoms with Crippen LogP contribution in [0.25, 0.3) is 0 Å². The van der Waals surface area contributed by atoms with Gasteiger partial charge < -0.3 is 25.8 Å². The molecule has 0 aromatic heterocycles.